The van der Waals surface area contributed by atoms with E-state index >= 15 is 0 Å². The van der Waals surface area contributed by atoms with Gasteiger partial charge in [0.1, 0.15) is 72.9 Å². The number of cyclic esters (lactones) is 2. The summed E-state index contributed by atoms with van der Waals surface area (Å²) in [7, 11) is 0.191. The molecule has 424 valence electrons. The zero-order valence-corrected chi connectivity index (χ0v) is 46.8. The van der Waals surface area contributed by atoms with E-state index in [1.165, 1.54) is 42.0 Å². The van der Waals surface area contributed by atoms with Gasteiger partial charge in [0, 0.05) is 49.8 Å². The van der Waals surface area contributed by atoms with E-state index in [9.17, 15) is 56.4 Å². The van der Waals surface area contributed by atoms with E-state index in [2.05, 4.69) is 41.2 Å². The van der Waals surface area contributed by atoms with E-state index in [0.717, 1.165) is 32.0 Å². The molecule has 2 aromatic carbocycles. The number of esters is 2. The first kappa shape index (κ1) is 60.4. The summed E-state index contributed by atoms with van der Waals surface area (Å²) in [5.41, 5.74) is 1.14. The molecule has 0 saturated carbocycles. The lowest BCUT2D eigenvalue weighted by molar-refractivity contribution is -0.160. The molecule has 8 amide bonds. The summed E-state index contributed by atoms with van der Waals surface area (Å²) >= 11 is 0. The van der Waals surface area contributed by atoms with Crippen molar-refractivity contribution in [2.45, 2.75) is 89.9 Å². The van der Waals surface area contributed by atoms with Crippen molar-refractivity contribution in [3.63, 3.8) is 0 Å². The number of hydrogen-bond donors (Lipinski definition) is 4. The Morgan fingerprint density at radius 3 is 1.24 bits per heavy atom. The first-order chi connectivity index (χ1) is 37.3. The van der Waals surface area contributed by atoms with Crippen LogP contribution in [-0.4, -0.2) is 213 Å². The highest BCUT2D eigenvalue weighted by atomic mass is 32.2. The molecule has 2 aliphatic rings. The molecule has 2 bridgehead atoms. The largest absolute Gasteiger partial charge is 0.461 e. The number of nitrogens with zero attached hydrogens (tertiary/aromatic N) is 8. The molecule has 4 aromatic rings. The smallest absolute Gasteiger partial charge is 0.329 e. The van der Waals surface area contributed by atoms with Gasteiger partial charge in [0.2, 0.25) is 35.4 Å². The SMILES string of the molecule is CC1NC(=O)C(NC(=O)c2cnc3ccccc3n2)COC(=O)C(C(C)C)N(C)C(=O)C2CS(=O)CS(=O)CC(C(=O)N(C)C(C(C)C)C(=O)OCC(NC(=O)c3cnc4ccccc4n3)C(=O)NC(C)C(=O)N2C)N(C)C1=O. The van der Waals surface area contributed by atoms with Gasteiger partial charge in [-0.25, -0.2) is 19.6 Å². The Morgan fingerprint density at radius 1 is 0.557 bits per heavy atom. The van der Waals surface area contributed by atoms with Crippen LogP contribution in [0.2, 0.25) is 0 Å². The molecule has 26 nitrogen and oxygen atoms in total. The van der Waals surface area contributed by atoms with Crippen LogP contribution < -0.4 is 21.3 Å². The number of carbonyl (C=O) groups is 10. The lowest BCUT2D eigenvalue weighted by atomic mass is 10.0. The fraction of sp³-hybridized carbons (Fsp3) is 0.490. The maximum atomic E-state index is 14.9. The van der Waals surface area contributed by atoms with Crippen LogP contribution in [0.25, 0.3) is 22.1 Å². The van der Waals surface area contributed by atoms with E-state index in [1.807, 2.05) is 0 Å². The highest BCUT2D eigenvalue weighted by molar-refractivity contribution is 8.01. The molecule has 10 atom stereocenters. The van der Waals surface area contributed by atoms with E-state index in [4.69, 9.17) is 9.47 Å². The summed E-state index contributed by atoms with van der Waals surface area (Å²) < 4.78 is 39.8. The van der Waals surface area contributed by atoms with Crippen LogP contribution in [0.3, 0.4) is 0 Å². The van der Waals surface area contributed by atoms with Crippen LogP contribution in [-0.2, 0) is 69.4 Å². The Balaban J connectivity index is 1.43. The standard InChI is InChI=1S/C51H64N12O14S2/c1-26(2)40-50(72)76-21-36(58-42(64)34-19-52-30-15-11-13-17-32(30)56-34)44(66)54-29(6)47(69)61(8)39-24-79(75)25-78(74)23-38(48(70)62(40)9)60(7)46(68)28(5)55-45(67)37(22-77-51(73)41(27(3)4)63(10)49(39)71)59-43(65)35-20-53-31-16-12-14-18-33(31)57-35/h11-20,26-29,36-41H,21-25H2,1-10H3,(H,54,66)(H,55,67)(H,58,64)(H,59,65). The second-order valence-corrected chi connectivity index (χ2v) is 23.2. The van der Waals surface area contributed by atoms with Gasteiger partial charge in [-0.3, -0.25) is 56.7 Å². The van der Waals surface area contributed by atoms with Gasteiger partial charge in [0.25, 0.3) is 11.8 Å². The second-order valence-electron chi connectivity index (χ2n) is 19.8. The summed E-state index contributed by atoms with van der Waals surface area (Å²) in [6.07, 6.45) is 2.33. The van der Waals surface area contributed by atoms with Crippen LogP contribution >= 0.6 is 0 Å². The fourth-order valence-corrected chi connectivity index (χ4v) is 12.3. The molecule has 4 heterocycles. The molecule has 79 heavy (non-hydrogen) atoms. The van der Waals surface area contributed by atoms with Gasteiger partial charge in [-0.15, -0.1) is 0 Å². The van der Waals surface area contributed by atoms with Crippen molar-refractivity contribution in [2.24, 2.45) is 11.8 Å². The average Bonchev–Trinajstić information content (AvgIpc) is 3.43. The van der Waals surface area contributed by atoms with Gasteiger partial charge in [0.05, 0.1) is 51.1 Å². The number of carbonyl (C=O) groups excluding carboxylic acids is 10. The maximum absolute atomic E-state index is 14.9. The molecule has 2 aromatic heterocycles. The third kappa shape index (κ3) is 14.4. The lowest BCUT2D eigenvalue weighted by Gasteiger charge is -2.36. The lowest BCUT2D eigenvalue weighted by Crippen LogP contribution is -2.60. The first-order valence-corrected chi connectivity index (χ1v) is 28.0. The molecule has 10 unspecified atom stereocenters. The van der Waals surface area contributed by atoms with Crippen molar-refractivity contribution >= 4 is 103 Å². The topological polar surface area (TPSA) is 336 Å². The number of para-hydroxylation sites is 4. The second kappa shape index (κ2) is 26.2. The Labute approximate surface area is 459 Å². The van der Waals surface area contributed by atoms with Gasteiger partial charge in [-0.1, -0.05) is 52.0 Å². The van der Waals surface area contributed by atoms with Crippen LogP contribution in [0, 0.1) is 11.8 Å². The maximum Gasteiger partial charge on any atom is 0.329 e. The van der Waals surface area contributed by atoms with Crippen LogP contribution in [0.4, 0.5) is 0 Å². The van der Waals surface area contributed by atoms with Crippen molar-refractivity contribution in [3.05, 3.63) is 72.3 Å². The van der Waals surface area contributed by atoms with Crippen molar-refractivity contribution in [1.82, 2.24) is 60.8 Å². The molecule has 4 N–H and O–H groups in total. The number of fused-ring (bicyclic) bond motifs is 8. The predicted octanol–water partition coefficient (Wildman–Crippen LogP) is -1.33. The predicted molar refractivity (Wildman–Crippen MR) is 286 cm³/mol. The van der Waals surface area contributed by atoms with Crippen molar-refractivity contribution in [3.8, 4) is 0 Å². The number of amides is 8. The Kier molecular flexibility index (Phi) is 20.0. The molecular weight excluding hydrogens is 1070 g/mol. The van der Waals surface area contributed by atoms with Gasteiger partial charge < -0.3 is 50.3 Å². The number of likely N-dealkylation sites (N-methyl/N-ethyl adjacent to an activating group) is 4. The number of hydrogen-bond acceptors (Lipinski definition) is 18. The summed E-state index contributed by atoms with van der Waals surface area (Å²) in [6.45, 7) is 7.02. The minimum atomic E-state index is -2.29. The van der Waals surface area contributed by atoms with E-state index < -0.39 is 171 Å². The summed E-state index contributed by atoms with van der Waals surface area (Å²) in [6, 6.07) is 0.369. The monoisotopic (exact) mass is 1130 g/mol. The van der Waals surface area contributed by atoms with Crippen molar-refractivity contribution in [2.75, 3.05) is 58.0 Å². The fourth-order valence-electron chi connectivity index (χ4n) is 8.93. The number of aromatic nitrogens is 4. The number of nitrogens with one attached hydrogen (secondary N) is 4. The molecule has 2 aliphatic heterocycles. The third-order valence-corrected chi connectivity index (χ3v) is 16.8. The Bertz CT molecular complexity index is 2890. The minimum Gasteiger partial charge on any atom is -0.461 e. The zero-order chi connectivity index (χ0) is 58.2. The molecule has 0 spiro atoms. The van der Waals surface area contributed by atoms with E-state index in [0.29, 0.717) is 22.1 Å². The van der Waals surface area contributed by atoms with Crippen molar-refractivity contribution in [1.29, 1.82) is 0 Å². The Hall–Kier alpha value is -7.88. The highest BCUT2D eigenvalue weighted by Crippen LogP contribution is 2.20. The summed E-state index contributed by atoms with van der Waals surface area (Å²) in [5.74, 6) is -12.9. The molecular formula is C51H64N12O14S2. The summed E-state index contributed by atoms with van der Waals surface area (Å²) in [4.78, 5) is 164. The van der Waals surface area contributed by atoms with Crippen LogP contribution in [0.1, 0.15) is 62.5 Å². The first-order valence-electron chi connectivity index (χ1n) is 25.0. The van der Waals surface area contributed by atoms with E-state index in [1.54, 1.807) is 76.2 Å². The summed E-state index contributed by atoms with van der Waals surface area (Å²) in [5, 5.41) is 9.19. The molecule has 6 rings (SSSR count). The molecule has 2 saturated heterocycles. The van der Waals surface area contributed by atoms with Gasteiger partial charge in [-0.2, -0.15) is 0 Å². The van der Waals surface area contributed by atoms with Gasteiger partial charge >= 0.3 is 11.9 Å². The minimum absolute atomic E-state index is 0.231. The number of ether oxygens (including phenoxy) is 2. The van der Waals surface area contributed by atoms with Gasteiger partial charge in [-0.05, 0) is 49.9 Å². The molecule has 0 radical (unpaired) electrons. The molecule has 0 aliphatic carbocycles. The van der Waals surface area contributed by atoms with Crippen LogP contribution in [0.15, 0.2) is 60.9 Å². The van der Waals surface area contributed by atoms with E-state index in [-0.39, 0.29) is 11.4 Å². The third-order valence-electron chi connectivity index (χ3n) is 13.3. The highest BCUT2D eigenvalue weighted by Gasteiger charge is 2.43. The number of rotatable bonds is 6. The van der Waals surface area contributed by atoms with Crippen molar-refractivity contribution < 1.29 is 65.8 Å². The van der Waals surface area contributed by atoms with Gasteiger partial charge in [0.15, 0.2) is 0 Å². The molecule has 2 fully saturated rings. The van der Waals surface area contributed by atoms with Crippen LogP contribution in [0.5, 0.6) is 0 Å². The zero-order valence-electron chi connectivity index (χ0n) is 45.2. The average molecular weight is 1130 g/mol. The normalized spacial score (nSPS) is 26.3. The Morgan fingerprint density at radius 2 is 0.899 bits per heavy atom. The quantitative estimate of drug-likeness (QED) is 0.163. The number of benzene rings is 2. The molecule has 28 heteroatoms.